The first-order valence-corrected chi connectivity index (χ1v) is 6.63. The summed E-state index contributed by atoms with van der Waals surface area (Å²) in [5.74, 6) is 0.782. The molecule has 3 heteroatoms. The highest BCUT2D eigenvalue weighted by atomic mass is 16.5. The van der Waals surface area contributed by atoms with Crippen molar-refractivity contribution in [3.05, 3.63) is 0 Å². The van der Waals surface area contributed by atoms with Crippen LogP contribution in [-0.2, 0) is 9.47 Å². The maximum absolute atomic E-state index is 5.47. The molecule has 0 fully saturated rings. The fraction of sp³-hybridized carbons (Fsp3) is 1.00. The molecule has 0 aromatic rings. The minimum atomic E-state index is 0.718. The van der Waals surface area contributed by atoms with Crippen molar-refractivity contribution in [2.45, 2.75) is 40.0 Å². The third-order valence-corrected chi connectivity index (χ3v) is 2.29. The molecule has 0 amide bonds. The average molecular weight is 231 g/mol. The molecule has 16 heavy (non-hydrogen) atoms. The zero-order chi connectivity index (χ0) is 12.1. The normalized spacial score (nSPS) is 11.2. The van der Waals surface area contributed by atoms with E-state index in [1.165, 1.54) is 12.8 Å². The van der Waals surface area contributed by atoms with Crippen molar-refractivity contribution in [3.8, 4) is 0 Å². The molecule has 0 unspecified atom stereocenters. The van der Waals surface area contributed by atoms with Crippen molar-refractivity contribution in [2.24, 2.45) is 5.92 Å². The van der Waals surface area contributed by atoms with Gasteiger partial charge in [-0.25, -0.2) is 0 Å². The standard InChI is InChI=1S/C13H29NO2/c1-4-7-14-8-10-16-12-11-15-9-5-6-13(2)3/h13-14H,4-12H2,1-3H3. The summed E-state index contributed by atoms with van der Waals surface area (Å²) in [4.78, 5) is 0. The summed E-state index contributed by atoms with van der Waals surface area (Å²) >= 11 is 0. The largest absolute Gasteiger partial charge is 0.379 e. The van der Waals surface area contributed by atoms with Crippen LogP contribution in [0.5, 0.6) is 0 Å². The molecule has 0 radical (unpaired) electrons. The van der Waals surface area contributed by atoms with Gasteiger partial charge in [0.2, 0.25) is 0 Å². The van der Waals surface area contributed by atoms with E-state index in [2.05, 4.69) is 26.1 Å². The second kappa shape index (κ2) is 12.9. The Morgan fingerprint density at radius 2 is 1.62 bits per heavy atom. The van der Waals surface area contributed by atoms with Gasteiger partial charge >= 0.3 is 0 Å². The minimum absolute atomic E-state index is 0.718. The lowest BCUT2D eigenvalue weighted by Gasteiger charge is -2.07. The summed E-state index contributed by atoms with van der Waals surface area (Å²) in [5.41, 5.74) is 0. The average Bonchev–Trinajstić information content (AvgIpc) is 2.25. The van der Waals surface area contributed by atoms with Gasteiger partial charge in [0.25, 0.3) is 0 Å². The van der Waals surface area contributed by atoms with Crippen molar-refractivity contribution >= 4 is 0 Å². The Kier molecular flexibility index (Phi) is 12.9. The lowest BCUT2D eigenvalue weighted by molar-refractivity contribution is 0.0468. The molecule has 0 spiro atoms. The van der Waals surface area contributed by atoms with Crippen LogP contribution in [0.1, 0.15) is 40.0 Å². The highest BCUT2D eigenvalue weighted by molar-refractivity contribution is 4.45. The molecule has 0 aliphatic heterocycles. The Balaban J connectivity index is 2.88. The Morgan fingerprint density at radius 1 is 0.938 bits per heavy atom. The summed E-state index contributed by atoms with van der Waals surface area (Å²) < 4.78 is 10.9. The van der Waals surface area contributed by atoms with E-state index in [1.807, 2.05) is 0 Å². The van der Waals surface area contributed by atoms with E-state index in [0.717, 1.165) is 51.9 Å². The third kappa shape index (κ3) is 13.9. The molecule has 0 rings (SSSR count). The molecule has 0 aromatic carbocycles. The van der Waals surface area contributed by atoms with Gasteiger partial charge in [0.05, 0.1) is 19.8 Å². The number of rotatable bonds is 12. The van der Waals surface area contributed by atoms with Gasteiger partial charge in [0, 0.05) is 13.2 Å². The van der Waals surface area contributed by atoms with Gasteiger partial charge in [0.1, 0.15) is 0 Å². The number of hydrogen-bond acceptors (Lipinski definition) is 3. The maximum atomic E-state index is 5.47. The molecule has 0 aromatic heterocycles. The SMILES string of the molecule is CCCNCCOCCOCCCC(C)C. The monoisotopic (exact) mass is 231 g/mol. The Morgan fingerprint density at radius 3 is 2.25 bits per heavy atom. The van der Waals surface area contributed by atoms with Gasteiger partial charge in [-0.3, -0.25) is 0 Å². The summed E-state index contributed by atoms with van der Waals surface area (Å²) in [5, 5.41) is 3.29. The van der Waals surface area contributed by atoms with Crippen LogP contribution in [0.4, 0.5) is 0 Å². The van der Waals surface area contributed by atoms with Gasteiger partial charge in [-0.05, 0) is 31.7 Å². The maximum Gasteiger partial charge on any atom is 0.0701 e. The Labute approximate surface area is 101 Å². The van der Waals surface area contributed by atoms with Gasteiger partial charge < -0.3 is 14.8 Å². The molecule has 1 N–H and O–H groups in total. The van der Waals surface area contributed by atoms with E-state index in [0.29, 0.717) is 0 Å². The lowest BCUT2D eigenvalue weighted by atomic mass is 10.1. The van der Waals surface area contributed by atoms with Crippen molar-refractivity contribution in [1.29, 1.82) is 0 Å². The minimum Gasteiger partial charge on any atom is -0.379 e. The molecule has 0 aliphatic rings. The molecule has 0 aliphatic carbocycles. The van der Waals surface area contributed by atoms with Gasteiger partial charge in [-0.1, -0.05) is 20.8 Å². The first kappa shape index (κ1) is 15.9. The second-order valence-electron chi connectivity index (χ2n) is 4.51. The van der Waals surface area contributed by atoms with E-state index in [4.69, 9.17) is 9.47 Å². The van der Waals surface area contributed by atoms with Crippen molar-refractivity contribution in [1.82, 2.24) is 5.32 Å². The van der Waals surface area contributed by atoms with Crippen LogP contribution in [0.2, 0.25) is 0 Å². The molecular weight excluding hydrogens is 202 g/mol. The number of nitrogens with one attached hydrogen (secondary N) is 1. The predicted octanol–water partition coefficient (Wildman–Crippen LogP) is 2.46. The molecular formula is C13H29NO2. The van der Waals surface area contributed by atoms with Crippen LogP contribution in [0.15, 0.2) is 0 Å². The van der Waals surface area contributed by atoms with E-state index in [-0.39, 0.29) is 0 Å². The van der Waals surface area contributed by atoms with E-state index in [1.54, 1.807) is 0 Å². The highest BCUT2D eigenvalue weighted by Crippen LogP contribution is 2.02. The van der Waals surface area contributed by atoms with Crippen molar-refractivity contribution in [3.63, 3.8) is 0 Å². The smallest absolute Gasteiger partial charge is 0.0701 e. The Bertz CT molecular complexity index is 129. The summed E-state index contributed by atoms with van der Waals surface area (Å²) in [6.07, 6.45) is 3.59. The predicted molar refractivity (Wildman–Crippen MR) is 68.9 cm³/mol. The van der Waals surface area contributed by atoms with E-state index >= 15 is 0 Å². The van der Waals surface area contributed by atoms with Gasteiger partial charge in [-0.15, -0.1) is 0 Å². The van der Waals surface area contributed by atoms with Crippen LogP contribution in [0.25, 0.3) is 0 Å². The number of ether oxygens (including phenoxy) is 2. The van der Waals surface area contributed by atoms with Crippen LogP contribution >= 0.6 is 0 Å². The quantitative estimate of drug-likeness (QED) is 0.523. The topological polar surface area (TPSA) is 30.5 Å². The molecule has 0 saturated heterocycles. The molecule has 0 atom stereocenters. The molecule has 98 valence electrons. The zero-order valence-electron chi connectivity index (χ0n) is 11.3. The van der Waals surface area contributed by atoms with E-state index in [9.17, 15) is 0 Å². The second-order valence-corrected chi connectivity index (χ2v) is 4.51. The van der Waals surface area contributed by atoms with Crippen molar-refractivity contribution in [2.75, 3.05) is 39.5 Å². The lowest BCUT2D eigenvalue weighted by Crippen LogP contribution is -2.21. The first-order valence-electron chi connectivity index (χ1n) is 6.63. The van der Waals surface area contributed by atoms with Crippen LogP contribution < -0.4 is 5.32 Å². The highest BCUT2D eigenvalue weighted by Gasteiger charge is 1.94. The first-order chi connectivity index (χ1) is 7.77. The van der Waals surface area contributed by atoms with Gasteiger partial charge in [0.15, 0.2) is 0 Å². The van der Waals surface area contributed by atoms with E-state index < -0.39 is 0 Å². The van der Waals surface area contributed by atoms with Gasteiger partial charge in [-0.2, -0.15) is 0 Å². The van der Waals surface area contributed by atoms with Crippen molar-refractivity contribution < 1.29 is 9.47 Å². The third-order valence-electron chi connectivity index (χ3n) is 2.29. The Hall–Kier alpha value is -0.120. The number of hydrogen-bond donors (Lipinski definition) is 1. The van der Waals surface area contributed by atoms with Crippen LogP contribution in [0, 0.1) is 5.92 Å². The molecule has 0 bridgehead atoms. The molecule has 3 nitrogen and oxygen atoms in total. The fourth-order valence-corrected chi connectivity index (χ4v) is 1.36. The molecule has 0 heterocycles. The molecule has 0 saturated carbocycles. The van der Waals surface area contributed by atoms with Crippen LogP contribution in [0.3, 0.4) is 0 Å². The summed E-state index contributed by atoms with van der Waals surface area (Å²) in [6, 6.07) is 0. The fourth-order valence-electron chi connectivity index (χ4n) is 1.36. The summed E-state index contributed by atoms with van der Waals surface area (Å²) in [6.45, 7) is 11.8. The summed E-state index contributed by atoms with van der Waals surface area (Å²) in [7, 11) is 0. The zero-order valence-corrected chi connectivity index (χ0v) is 11.3. The van der Waals surface area contributed by atoms with Crippen LogP contribution in [-0.4, -0.2) is 39.5 Å².